The van der Waals surface area contributed by atoms with Crippen LogP contribution in [0, 0.1) is 0 Å². The minimum Gasteiger partial charge on any atom is -0.361 e. The third-order valence-electron chi connectivity index (χ3n) is 4.66. The molecular weight excluding hydrogens is 260 g/mol. The maximum absolute atomic E-state index is 12.3. The van der Waals surface area contributed by atoms with E-state index in [9.17, 15) is 4.79 Å². The predicted molar refractivity (Wildman–Crippen MR) is 88.4 cm³/mol. The van der Waals surface area contributed by atoms with E-state index in [1.165, 1.54) is 16.5 Å². The smallest absolute Gasteiger partial charge is 0.222 e. The number of H-pyrrole nitrogens is 1. The Morgan fingerprint density at radius 2 is 2.00 bits per heavy atom. The Morgan fingerprint density at radius 1 is 1.29 bits per heavy atom. The summed E-state index contributed by atoms with van der Waals surface area (Å²) < 4.78 is 0. The molecule has 0 aliphatic rings. The van der Waals surface area contributed by atoms with Gasteiger partial charge >= 0.3 is 0 Å². The van der Waals surface area contributed by atoms with Crippen LogP contribution < -0.4 is 0 Å². The second-order valence-electron chi connectivity index (χ2n) is 6.33. The lowest BCUT2D eigenvalue weighted by Crippen LogP contribution is -2.44. The first kappa shape index (κ1) is 15.6. The topological polar surface area (TPSA) is 36.1 Å². The molecule has 0 saturated heterocycles. The SMILES string of the molecule is CCC(C)(C)N(C)C(=O)CCCc1c[nH]c2ccccc12. The third-order valence-corrected chi connectivity index (χ3v) is 4.66. The van der Waals surface area contributed by atoms with Crippen molar-refractivity contribution < 1.29 is 4.79 Å². The summed E-state index contributed by atoms with van der Waals surface area (Å²) in [6, 6.07) is 8.31. The van der Waals surface area contributed by atoms with Crippen molar-refractivity contribution in [1.82, 2.24) is 9.88 Å². The first-order valence-corrected chi connectivity index (χ1v) is 7.77. The fourth-order valence-electron chi connectivity index (χ4n) is 2.51. The highest BCUT2D eigenvalue weighted by molar-refractivity contribution is 5.83. The monoisotopic (exact) mass is 286 g/mol. The van der Waals surface area contributed by atoms with Crippen LogP contribution in [0.2, 0.25) is 0 Å². The highest BCUT2D eigenvalue weighted by Crippen LogP contribution is 2.21. The quantitative estimate of drug-likeness (QED) is 0.851. The molecule has 0 radical (unpaired) electrons. The van der Waals surface area contributed by atoms with Gasteiger partial charge in [0.05, 0.1) is 0 Å². The molecule has 0 atom stereocenters. The van der Waals surface area contributed by atoms with Crippen LogP contribution in [0.15, 0.2) is 30.5 Å². The van der Waals surface area contributed by atoms with Crippen molar-refractivity contribution in [2.45, 2.75) is 52.0 Å². The number of carbonyl (C=O) groups is 1. The van der Waals surface area contributed by atoms with Crippen LogP contribution in [0.1, 0.15) is 45.6 Å². The molecule has 1 aromatic carbocycles. The zero-order valence-electron chi connectivity index (χ0n) is 13.6. The molecule has 0 unspecified atom stereocenters. The van der Waals surface area contributed by atoms with Gasteiger partial charge < -0.3 is 9.88 Å². The lowest BCUT2D eigenvalue weighted by atomic mass is 9.99. The molecule has 0 spiro atoms. The summed E-state index contributed by atoms with van der Waals surface area (Å²) in [5.74, 6) is 0.238. The number of hydrogen-bond donors (Lipinski definition) is 1. The van der Waals surface area contributed by atoms with Gasteiger partial charge in [-0.1, -0.05) is 25.1 Å². The van der Waals surface area contributed by atoms with Gasteiger partial charge in [-0.3, -0.25) is 4.79 Å². The standard InChI is InChI=1S/C18H26N2O/c1-5-18(2,3)20(4)17(21)12-8-9-14-13-19-16-11-7-6-10-15(14)16/h6-7,10-11,13,19H,5,8-9,12H2,1-4H3. The Morgan fingerprint density at radius 3 is 2.71 bits per heavy atom. The van der Waals surface area contributed by atoms with Crippen LogP contribution in [0.25, 0.3) is 10.9 Å². The highest BCUT2D eigenvalue weighted by atomic mass is 16.2. The van der Waals surface area contributed by atoms with Gasteiger partial charge in [0.2, 0.25) is 5.91 Å². The van der Waals surface area contributed by atoms with Crippen molar-refractivity contribution in [2.24, 2.45) is 0 Å². The number of carbonyl (C=O) groups excluding carboxylic acids is 1. The van der Waals surface area contributed by atoms with Crippen molar-refractivity contribution >= 4 is 16.8 Å². The van der Waals surface area contributed by atoms with E-state index >= 15 is 0 Å². The van der Waals surface area contributed by atoms with E-state index in [-0.39, 0.29) is 11.4 Å². The molecule has 0 fully saturated rings. The average Bonchev–Trinajstić information content (AvgIpc) is 2.90. The van der Waals surface area contributed by atoms with Crippen LogP contribution in [0.5, 0.6) is 0 Å². The summed E-state index contributed by atoms with van der Waals surface area (Å²) in [5, 5.41) is 1.27. The molecule has 3 heteroatoms. The van der Waals surface area contributed by atoms with Gasteiger partial charge in [-0.2, -0.15) is 0 Å². The Hall–Kier alpha value is -1.77. The fourth-order valence-corrected chi connectivity index (χ4v) is 2.51. The van der Waals surface area contributed by atoms with Crippen molar-refractivity contribution in [3.63, 3.8) is 0 Å². The Bertz CT molecular complexity index is 612. The van der Waals surface area contributed by atoms with Gasteiger partial charge in [-0.05, 0) is 44.7 Å². The van der Waals surface area contributed by atoms with Gasteiger partial charge in [-0.15, -0.1) is 0 Å². The summed E-state index contributed by atoms with van der Waals surface area (Å²) in [5.41, 5.74) is 2.41. The van der Waals surface area contributed by atoms with Crippen molar-refractivity contribution in [3.8, 4) is 0 Å². The molecule has 1 aromatic heterocycles. The predicted octanol–water partition coefficient (Wildman–Crippen LogP) is 4.14. The van der Waals surface area contributed by atoms with E-state index in [1.807, 2.05) is 18.0 Å². The molecule has 21 heavy (non-hydrogen) atoms. The lowest BCUT2D eigenvalue weighted by molar-refractivity contribution is -0.134. The normalized spacial score (nSPS) is 11.8. The van der Waals surface area contributed by atoms with Gasteiger partial charge in [0.25, 0.3) is 0 Å². The van der Waals surface area contributed by atoms with Gasteiger partial charge in [0.1, 0.15) is 0 Å². The summed E-state index contributed by atoms with van der Waals surface area (Å²) in [4.78, 5) is 17.4. The van der Waals surface area contributed by atoms with Crippen LogP contribution in [0.3, 0.4) is 0 Å². The summed E-state index contributed by atoms with van der Waals surface area (Å²) in [6.07, 6.45) is 5.48. The van der Waals surface area contributed by atoms with Gasteiger partial charge in [-0.25, -0.2) is 0 Å². The first-order valence-electron chi connectivity index (χ1n) is 7.77. The molecule has 0 saturated carbocycles. The van der Waals surface area contributed by atoms with Crippen LogP contribution in [0.4, 0.5) is 0 Å². The van der Waals surface area contributed by atoms with Crippen LogP contribution in [-0.2, 0) is 11.2 Å². The second kappa shape index (κ2) is 6.33. The molecule has 0 aliphatic carbocycles. The first-order chi connectivity index (χ1) is 9.95. The number of aromatic amines is 1. The summed E-state index contributed by atoms with van der Waals surface area (Å²) in [6.45, 7) is 6.35. The molecule has 2 aromatic rings. The minimum absolute atomic E-state index is 0.0577. The summed E-state index contributed by atoms with van der Waals surface area (Å²) in [7, 11) is 1.91. The molecule has 1 amide bonds. The van der Waals surface area contributed by atoms with Crippen molar-refractivity contribution in [1.29, 1.82) is 0 Å². The van der Waals surface area contributed by atoms with Gasteiger partial charge in [0, 0.05) is 36.1 Å². The number of nitrogens with one attached hydrogen (secondary N) is 1. The Labute approximate surface area is 127 Å². The van der Waals surface area contributed by atoms with E-state index < -0.39 is 0 Å². The Balaban J connectivity index is 1.91. The molecular formula is C18H26N2O. The number of hydrogen-bond acceptors (Lipinski definition) is 1. The van der Waals surface area contributed by atoms with Gasteiger partial charge in [0.15, 0.2) is 0 Å². The average molecular weight is 286 g/mol. The number of aromatic nitrogens is 1. The molecule has 0 aliphatic heterocycles. The molecule has 0 bridgehead atoms. The largest absolute Gasteiger partial charge is 0.361 e. The van der Waals surface area contributed by atoms with E-state index in [0.29, 0.717) is 6.42 Å². The molecule has 114 valence electrons. The molecule has 2 rings (SSSR count). The third kappa shape index (κ3) is 3.46. The molecule has 1 heterocycles. The van der Waals surface area contributed by atoms with Crippen molar-refractivity contribution in [2.75, 3.05) is 7.05 Å². The maximum atomic E-state index is 12.3. The number of amides is 1. The second-order valence-corrected chi connectivity index (χ2v) is 6.33. The van der Waals surface area contributed by atoms with E-state index in [4.69, 9.17) is 0 Å². The van der Waals surface area contributed by atoms with Crippen LogP contribution >= 0.6 is 0 Å². The molecule has 3 nitrogen and oxygen atoms in total. The van der Waals surface area contributed by atoms with E-state index in [0.717, 1.165) is 19.3 Å². The van der Waals surface area contributed by atoms with E-state index in [1.54, 1.807) is 0 Å². The minimum atomic E-state index is -0.0577. The summed E-state index contributed by atoms with van der Waals surface area (Å²) >= 11 is 0. The Kier molecular flexibility index (Phi) is 4.71. The molecule has 1 N–H and O–H groups in total. The van der Waals surface area contributed by atoms with Crippen LogP contribution in [-0.4, -0.2) is 28.4 Å². The van der Waals surface area contributed by atoms with E-state index in [2.05, 4.69) is 50.2 Å². The fraction of sp³-hybridized carbons (Fsp3) is 0.500. The maximum Gasteiger partial charge on any atom is 0.222 e. The number of rotatable bonds is 6. The number of benzene rings is 1. The number of fused-ring (bicyclic) bond motifs is 1. The number of aryl methyl sites for hydroxylation is 1. The lowest BCUT2D eigenvalue weighted by Gasteiger charge is -2.35. The zero-order valence-corrected chi connectivity index (χ0v) is 13.6. The van der Waals surface area contributed by atoms with Crippen molar-refractivity contribution in [3.05, 3.63) is 36.0 Å². The number of nitrogens with zero attached hydrogens (tertiary/aromatic N) is 1. The zero-order chi connectivity index (χ0) is 15.5. The highest BCUT2D eigenvalue weighted by Gasteiger charge is 2.24. The number of para-hydroxylation sites is 1.